The lowest BCUT2D eigenvalue weighted by molar-refractivity contribution is 0.578. The Hall–Kier alpha value is -3.88. The quantitative estimate of drug-likeness (QED) is 0.461. The minimum atomic E-state index is -0.390. The molecule has 5 aromatic rings. The number of nitrogens with one attached hydrogen (secondary N) is 2. The van der Waals surface area contributed by atoms with E-state index in [-0.39, 0.29) is 0 Å². The predicted molar refractivity (Wildman–Crippen MR) is 116 cm³/mol. The molecule has 1 aliphatic rings. The molecule has 0 saturated carbocycles. The molecule has 1 aliphatic heterocycles. The van der Waals surface area contributed by atoms with E-state index in [0.29, 0.717) is 22.7 Å². The van der Waals surface area contributed by atoms with Crippen molar-refractivity contribution in [3.05, 3.63) is 48.8 Å². The summed E-state index contributed by atoms with van der Waals surface area (Å²) in [5.41, 5.74) is 5.39. The molecule has 0 atom stereocenters. The van der Waals surface area contributed by atoms with Crippen molar-refractivity contribution in [1.82, 2.24) is 35.1 Å². The van der Waals surface area contributed by atoms with Gasteiger partial charge in [0.15, 0.2) is 17.1 Å². The van der Waals surface area contributed by atoms with Gasteiger partial charge in [-0.05, 0) is 37.5 Å². The maximum atomic E-state index is 13.6. The Balaban J connectivity index is 1.46. The van der Waals surface area contributed by atoms with Gasteiger partial charge in [0.05, 0.1) is 17.3 Å². The maximum absolute atomic E-state index is 13.6. The van der Waals surface area contributed by atoms with Crippen molar-refractivity contribution in [1.29, 1.82) is 0 Å². The second kappa shape index (κ2) is 7.12. The van der Waals surface area contributed by atoms with E-state index in [4.69, 9.17) is 4.98 Å². The molecule has 0 amide bonds. The Morgan fingerprint density at radius 3 is 2.68 bits per heavy atom. The third kappa shape index (κ3) is 3.09. The number of H-pyrrole nitrogens is 2. The Morgan fingerprint density at radius 1 is 0.935 bits per heavy atom. The van der Waals surface area contributed by atoms with Gasteiger partial charge in [-0.2, -0.15) is 5.10 Å². The molecular formula is C22H19FN8. The monoisotopic (exact) mass is 414 g/mol. The molecule has 0 aromatic carbocycles. The summed E-state index contributed by atoms with van der Waals surface area (Å²) < 4.78 is 13.6. The van der Waals surface area contributed by atoms with Crippen molar-refractivity contribution in [3.63, 3.8) is 0 Å². The summed E-state index contributed by atoms with van der Waals surface area (Å²) in [6.45, 7) is 2.07. The molecule has 2 N–H and O–H groups in total. The van der Waals surface area contributed by atoms with Crippen LogP contribution < -0.4 is 4.90 Å². The number of piperidine rings is 1. The Kier molecular flexibility index (Phi) is 4.12. The van der Waals surface area contributed by atoms with E-state index in [1.165, 1.54) is 31.5 Å². The zero-order chi connectivity index (χ0) is 20.8. The number of anilines is 1. The molecule has 154 valence electrons. The molecule has 31 heavy (non-hydrogen) atoms. The predicted octanol–water partition coefficient (Wildman–Crippen LogP) is 4.09. The molecule has 5 aromatic heterocycles. The first-order chi connectivity index (χ1) is 15.3. The van der Waals surface area contributed by atoms with Crippen LogP contribution in [0, 0.1) is 5.82 Å². The van der Waals surface area contributed by atoms with Crippen molar-refractivity contribution in [2.75, 3.05) is 18.0 Å². The Bertz CT molecular complexity index is 1400. The van der Waals surface area contributed by atoms with E-state index in [2.05, 4.69) is 35.0 Å². The van der Waals surface area contributed by atoms with Crippen LogP contribution in [0.5, 0.6) is 0 Å². The van der Waals surface area contributed by atoms with Crippen molar-refractivity contribution >= 4 is 27.9 Å². The summed E-state index contributed by atoms with van der Waals surface area (Å²) in [6.07, 6.45) is 9.92. The summed E-state index contributed by atoms with van der Waals surface area (Å²) in [4.78, 5) is 23.3. The average Bonchev–Trinajstić information content (AvgIpc) is 3.43. The smallest absolute Gasteiger partial charge is 0.181 e. The molecule has 0 unspecified atom stereocenters. The first-order valence-electron chi connectivity index (χ1n) is 10.3. The summed E-state index contributed by atoms with van der Waals surface area (Å²) in [7, 11) is 0. The van der Waals surface area contributed by atoms with Crippen LogP contribution >= 0.6 is 0 Å². The zero-order valence-electron chi connectivity index (χ0n) is 16.6. The second-order valence-electron chi connectivity index (χ2n) is 7.75. The van der Waals surface area contributed by atoms with Gasteiger partial charge >= 0.3 is 0 Å². The lowest BCUT2D eigenvalue weighted by atomic mass is 10.1. The third-order valence-electron chi connectivity index (χ3n) is 5.75. The number of pyridine rings is 3. The largest absolute Gasteiger partial charge is 0.370 e. The van der Waals surface area contributed by atoms with Gasteiger partial charge in [0, 0.05) is 42.8 Å². The van der Waals surface area contributed by atoms with Gasteiger partial charge in [0.2, 0.25) is 0 Å². The van der Waals surface area contributed by atoms with E-state index in [1.807, 2.05) is 12.1 Å². The number of rotatable bonds is 3. The van der Waals surface area contributed by atoms with Gasteiger partial charge in [-0.3, -0.25) is 10.1 Å². The number of hydrogen-bond donors (Lipinski definition) is 2. The number of hydrogen-bond acceptors (Lipinski definition) is 6. The molecule has 0 radical (unpaired) electrons. The molecule has 1 saturated heterocycles. The second-order valence-corrected chi connectivity index (χ2v) is 7.75. The van der Waals surface area contributed by atoms with Crippen LogP contribution in [0.2, 0.25) is 0 Å². The van der Waals surface area contributed by atoms with E-state index in [9.17, 15) is 4.39 Å². The van der Waals surface area contributed by atoms with Crippen molar-refractivity contribution in [3.8, 4) is 22.6 Å². The minimum absolute atomic E-state index is 0.390. The summed E-state index contributed by atoms with van der Waals surface area (Å²) in [5, 5.41) is 8.15. The lowest BCUT2D eigenvalue weighted by Gasteiger charge is -2.28. The number of aromatic nitrogens is 7. The van der Waals surface area contributed by atoms with Gasteiger partial charge in [-0.25, -0.2) is 19.3 Å². The van der Waals surface area contributed by atoms with Crippen LogP contribution in [0.15, 0.2) is 43.0 Å². The minimum Gasteiger partial charge on any atom is -0.370 e. The van der Waals surface area contributed by atoms with Crippen molar-refractivity contribution in [2.24, 2.45) is 0 Å². The van der Waals surface area contributed by atoms with Crippen LogP contribution in [0.1, 0.15) is 19.3 Å². The fourth-order valence-electron chi connectivity index (χ4n) is 4.22. The highest BCUT2D eigenvalue weighted by Gasteiger charge is 2.19. The zero-order valence-corrected chi connectivity index (χ0v) is 16.6. The van der Waals surface area contributed by atoms with E-state index in [1.54, 1.807) is 18.6 Å². The fourth-order valence-corrected chi connectivity index (χ4v) is 4.22. The lowest BCUT2D eigenvalue weighted by Crippen LogP contribution is -2.29. The molecule has 1 fully saturated rings. The number of aromatic amines is 2. The number of imidazole rings is 1. The average molecular weight is 414 g/mol. The first kappa shape index (κ1) is 17.9. The van der Waals surface area contributed by atoms with Gasteiger partial charge in [-0.1, -0.05) is 0 Å². The first-order valence-corrected chi connectivity index (χ1v) is 10.3. The summed E-state index contributed by atoms with van der Waals surface area (Å²) in [6, 6.07) is 5.40. The Morgan fingerprint density at radius 2 is 1.81 bits per heavy atom. The number of fused-ring (bicyclic) bond motifs is 2. The van der Waals surface area contributed by atoms with E-state index < -0.39 is 5.82 Å². The SMILES string of the molecule is Fc1cncc(-c2cnc3n[nH]c(-c4nc5nccc(N6CCCCC6)c5[nH]4)c3c2)c1. The van der Waals surface area contributed by atoms with Crippen molar-refractivity contribution in [2.45, 2.75) is 19.3 Å². The topological polar surface area (TPSA) is 99.3 Å². The molecule has 6 heterocycles. The highest BCUT2D eigenvalue weighted by atomic mass is 19.1. The van der Waals surface area contributed by atoms with Gasteiger partial charge in [-0.15, -0.1) is 0 Å². The van der Waals surface area contributed by atoms with Gasteiger partial charge < -0.3 is 9.88 Å². The molecule has 0 spiro atoms. The summed E-state index contributed by atoms with van der Waals surface area (Å²) in [5.74, 6) is 0.254. The third-order valence-corrected chi connectivity index (χ3v) is 5.75. The van der Waals surface area contributed by atoms with Crippen LogP contribution in [0.25, 0.3) is 44.8 Å². The standard InChI is InChI=1S/C22H19FN8/c23-15-8-13(10-24-12-15)14-9-16-18(29-30-20(16)26-11-14)22-27-19-17(4-5-25-21(19)28-22)31-6-2-1-3-7-31/h4-5,8-12H,1-3,6-7H2,(H,25,27,28)(H,26,29,30). The van der Waals surface area contributed by atoms with E-state index >= 15 is 0 Å². The van der Waals surface area contributed by atoms with Gasteiger partial charge in [0.1, 0.15) is 17.0 Å². The number of halogens is 1. The molecule has 9 heteroatoms. The molecule has 8 nitrogen and oxygen atoms in total. The maximum Gasteiger partial charge on any atom is 0.181 e. The summed E-state index contributed by atoms with van der Waals surface area (Å²) >= 11 is 0. The van der Waals surface area contributed by atoms with Crippen LogP contribution in [0.4, 0.5) is 10.1 Å². The fraction of sp³-hybridized carbons (Fsp3) is 0.227. The van der Waals surface area contributed by atoms with E-state index in [0.717, 1.165) is 40.9 Å². The Labute approximate surface area is 176 Å². The molecule has 0 aliphatic carbocycles. The van der Waals surface area contributed by atoms with Gasteiger partial charge in [0.25, 0.3) is 0 Å². The number of nitrogens with zero attached hydrogens (tertiary/aromatic N) is 6. The highest BCUT2D eigenvalue weighted by Crippen LogP contribution is 2.32. The van der Waals surface area contributed by atoms with Crippen LogP contribution in [-0.4, -0.2) is 48.2 Å². The molecule has 0 bridgehead atoms. The molecule has 6 rings (SSSR count). The highest BCUT2D eigenvalue weighted by molar-refractivity contribution is 5.95. The molecular weight excluding hydrogens is 395 g/mol. The normalized spacial score (nSPS) is 14.5. The van der Waals surface area contributed by atoms with Crippen LogP contribution in [0.3, 0.4) is 0 Å². The van der Waals surface area contributed by atoms with Crippen LogP contribution in [-0.2, 0) is 0 Å². The van der Waals surface area contributed by atoms with Crippen molar-refractivity contribution < 1.29 is 4.39 Å².